The van der Waals surface area contributed by atoms with Crippen molar-refractivity contribution in [1.29, 1.82) is 0 Å². The average molecular weight is 259 g/mol. The highest BCUT2D eigenvalue weighted by molar-refractivity contribution is 6.17. The van der Waals surface area contributed by atoms with Crippen molar-refractivity contribution < 1.29 is 9.59 Å². The van der Waals surface area contributed by atoms with Gasteiger partial charge < -0.3 is 5.32 Å². The van der Waals surface area contributed by atoms with Crippen LogP contribution in [-0.4, -0.2) is 17.2 Å². The van der Waals surface area contributed by atoms with Crippen LogP contribution >= 0.6 is 0 Å². The first-order valence-electron chi connectivity index (χ1n) is 6.71. The lowest BCUT2D eigenvalue weighted by atomic mass is 9.80. The second kappa shape index (κ2) is 4.48. The van der Waals surface area contributed by atoms with Crippen LogP contribution in [0.3, 0.4) is 0 Å². The van der Waals surface area contributed by atoms with E-state index in [2.05, 4.69) is 5.32 Å². The van der Waals surface area contributed by atoms with E-state index >= 15 is 0 Å². The minimum atomic E-state index is -0.751. The Morgan fingerprint density at radius 3 is 2.32 bits per heavy atom. The van der Waals surface area contributed by atoms with Gasteiger partial charge >= 0.3 is 0 Å². The molecule has 1 N–H and O–H groups in total. The van der Waals surface area contributed by atoms with Gasteiger partial charge in [0.1, 0.15) is 5.92 Å². The molecule has 1 fully saturated rings. The molecule has 102 valence electrons. The summed E-state index contributed by atoms with van der Waals surface area (Å²) in [7, 11) is 0. The number of rotatable bonds is 2. The lowest BCUT2D eigenvalue weighted by molar-refractivity contribution is -0.125. The third-order valence-corrected chi connectivity index (χ3v) is 4.31. The van der Waals surface area contributed by atoms with Crippen LogP contribution in [0, 0.1) is 19.8 Å². The van der Waals surface area contributed by atoms with E-state index in [1.807, 2.05) is 52.8 Å². The summed E-state index contributed by atoms with van der Waals surface area (Å²) in [5.74, 6) is -0.764. The fraction of sp³-hybridized carbons (Fsp3) is 0.500. The molecule has 3 nitrogen and oxygen atoms in total. The summed E-state index contributed by atoms with van der Waals surface area (Å²) in [5.41, 5.74) is 2.22. The van der Waals surface area contributed by atoms with E-state index in [0.717, 1.165) is 16.7 Å². The predicted molar refractivity (Wildman–Crippen MR) is 75.0 cm³/mol. The summed E-state index contributed by atoms with van der Waals surface area (Å²) < 4.78 is 0. The second-order valence-corrected chi connectivity index (χ2v) is 6.00. The molecule has 2 atom stereocenters. The predicted octanol–water partition coefficient (Wildman–Crippen LogP) is 2.50. The summed E-state index contributed by atoms with van der Waals surface area (Å²) in [6.07, 6.45) is 0. The Morgan fingerprint density at radius 2 is 1.84 bits per heavy atom. The lowest BCUT2D eigenvalue weighted by Crippen LogP contribution is -2.48. The summed E-state index contributed by atoms with van der Waals surface area (Å²) in [6, 6.07) is 5.87. The SMILES string of the molecule is Cc1ccc(C2C(=O)NC(C)(C(C)C)C2=O)c(C)c1. The first-order valence-corrected chi connectivity index (χ1v) is 6.71. The molecule has 0 aliphatic carbocycles. The maximum atomic E-state index is 12.6. The third kappa shape index (κ3) is 2.07. The van der Waals surface area contributed by atoms with Crippen molar-refractivity contribution in [2.45, 2.75) is 46.1 Å². The Hall–Kier alpha value is -1.64. The molecule has 2 unspecified atom stereocenters. The number of Topliss-reactive ketones (excluding diaryl/α,β-unsaturated/α-hetero) is 1. The molecule has 0 spiro atoms. The summed E-state index contributed by atoms with van der Waals surface area (Å²) >= 11 is 0. The number of carbonyl (C=O) groups is 2. The molecule has 1 aliphatic rings. The van der Waals surface area contributed by atoms with Gasteiger partial charge in [-0.3, -0.25) is 9.59 Å². The van der Waals surface area contributed by atoms with Gasteiger partial charge in [0, 0.05) is 0 Å². The van der Waals surface area contributed by atoms with Crippen molar-refractivity contribution in [3.8, 4) is 0 Å². The Kier molecular flexibility index (Phi) is 3.25. The molecule has 2 rings (SSSR count). The van der Waals surface area contributed by atoms with Gasteiger partial charge in [-0.15, -0.1) is 0 Å². The monoisotopic (exact) mass is 259 g/mol. The van der Waals surface area contributed by atoms with Gasteiger partial charge in [-0.1, -0.05) is 37.6 Å². The van der Waals surface area contributed by atoms with Crippen LogP contribution in [0.25, 0.3) is 0 Å². The molecular weight excluding hydrogens is 238 g/mol. The third-order valence-electron chi connectivity index (χ3n) is 4.31. The first-order chi connectivity index (χ1) is 8.77. The van der Waals surface area contributed by atoms with Gasteiger partial charge in [0.2, 0.25) is 5.91 Å². The Labute approximate surface area is 114 Å². The van der Waals surface area contributed by atoms with Gasteiger partial charge in [-0.25, -0.2) is 0 Å². The van der Waals surface area contributed by atoms with Crippen LogP contribution in [0.4, 0.5) is 0 Å². The number of nitrogens with one attached hydrogen (secondary N) is 1. The number of aryl methyl sites for hydroxylation is 2. The van der Waals surface area contributed by atoms with Gasteiger partial charge in [0.15, 0.2) is 5.78 Å². The van der Waals surface area contributed by atoms with Gasteiger partial charge in [-0.2, -0.15) is 0 Å². The van der Waals surface area contributed by atoms with E-state index in [1.54, 1.807) is 0 Å². The van der Waals surface area contributed by atoms with Crippen LogP contribution in [0.5, 0.6) is 0 Å². The molecule has 1 aromatic carbocycles. The Bertz CT molecular complexity index is 548. The van der Waals surface area contributed by atoms with Gasteiger partial charge in [0.25, 0.3) is 0 Å². The summed E-state index contributed by atoms with van der Waals surface area (Å²) in [4.78, 5) is 24.8. The normalized spacial score (nSPS) is 26.9. The van der Waals surface area contributed by atoms with E-state index in [9.17, 15) is 9.59 Å². The Morgan fingerprint density at radius 1 is 1.21 bits per heavy atom. The zero-order valence-electron chi connectivity index (χ0n) is 12.2. The van der Waals surface area contributed by atoms with E-state index in [4.69, 9.17) is 0 Å². The van der Waals surface area contributed by atoms with Crippen molar-refractivity contribution in [1.82, 2.24) is 5.32 Å². The zero-order chi connectivity index (χ0) is 14.4. The Balaban J connectivity index is 2.46. The molecule has 3 heteroatoms. The molecule has 0 saturated carbocycles. The van der Waals surface area contributed by atoms with Crippen LogP contribution in [-0.2, 0) is 9.59 Å². The number of hydrogen-bond donors (Lipinski definition) is 1. The number of amides is 1. The maximum absolute atomic E-state index is 12.6. The topological polar surface area (TPSA) is 46.2 Å². The highest BCUT2D eigenvalue weighted by Crippen LogP contribution is 2.35. The van der Waals surface area contributed by atoms with Crippen LogP contribution in [0.2, 0.25) is 0 Å². The van der Waals surface area contributed by atoms with E-state index in [0.29, 0.717) is 0 Å². The highest BCUT2D eigenvalue weighted by atomic mass is 16.2. The molecule has 1 saturated heterocycles. The average Bonchev–Trinajstić information content (AvgIpc) is 2.53. The number of ketones is 1. The van der Waals surface area contributed by atoms with Crippen molar-refractivity contribution in [3.05, 3.63) is 34.9 Å². The molecular formula is C16H21NO2. The maximum Gasteiger partial charge on any atom is 0.235 e. The quantitative estimate of drug-likeness (QED) is 0.829. The molecule has 19 heavy (non-hydrogen) atoms. The van der Waals surface area contributed by atoms with E-state index < -0.39 is 11.5 Å². The molecule has 1 amide bonds. The van der Waals surface area contributed by atoms with Crippen molar-refractivity contribution in [2.75, 3.05) is 0 Å². The van der Waals surface area contributed by atoms with Crippen molar-refractivity contribution in [2.24, 2.45) is 5.92 Å². The van der Waals surface area contributed by atoms with Crippen LogP contribution < -0.4 is 5.32 Å². The molecule has 1 heterocycles. The van der Waals surface area contributed by atoms with E-state index in [1.165, 1.54) is 0 Å². The largest absolute Gasteiger partial charge is 0.343 e. The van der Waals surface area contributed by atoms with Gasteiger partial charge in [0.05, 0.1) is 5.54 Å². The van der Waals surface area contributed by atoms with Gasteiger partial charge in [-0.05, 0) is 37.8 Å². The molecule has 1 aliphatic heterocycles. The number of carbonyl (C=O) groups excluding carboxylic acids is 2. The first kappa shape index (κ1) is 13.8. The smallest absolute Gasteiger partial charge is 0.235 e. The zero-order valence-corrected chi connectivity index (χ0v) is 12.2. The van der Waals surface area contributed by atoms with Crippen LogP contribution in [0.1, 0.15) is 43.4 Å². The molecule has 0 aromatic heterocycles. The van der Waals surface area contributed by atoms with Crippen LogP contribution in [0.15, 0.2) is 18.2 Å². The lowest BCUT2D eigenvalue weighted by Gasteiger charge is -2.27. The fourth-order valence-electron chi connectivity index (χ4n) is 2.67. The standard InChI is InChI=1S/C16H21NO2/c1-9(2)16(5)14(18)13(15(19)17-16)12-7-6-10(3)8-11(12)4/h6-9,13H,1-5H3,(H,17,19). The summed E-state index contributed by atoms with van der Waals surface area (Å²) in [6.45, 7) is 9.70. The molecule has 1 aromatic rings. The molecule has 0 radical (unpaired) electrons. The molecule has 0 bridgehead atoms. The fourth-order valence-corrected chi connectivity index (χ4v) is 2.67. The highest BCUT2D eigenvalue weighted by Gasteiger charge is 2.51. The second-order valence-electron chi connectivity index (χ2n) is 6.00. The van der Waals surface area contributed by atoms with Crippen molar-refractivity contribution >= 4 is 11.7 Å². The van der Waals surface area contributed by atoms with E-state index in [-0.39, 0.29) is 17.6 Å². The summed E-state index contributed by atoms with van der Waals surface area (Å²) in [5, 5.41) is 2.88. The minimum absolute atomic E-state index is 0.0144. The minimum Gasteiger partial charge on any atom is -0.343 e. The number of benzene rings is 1. The van der Waals surface area contributed by atoms with Crippen molar-refractivity contribution in [3.63, 3.8) is 0 Å². The number of hydrogen-bond acceptors (Lipinski definition) is 2.